The molecule has 1 aliphatic heterocycles. The molecule has 1 N–H and O–H groups in total. The molecule has 0 aromatic rings. The molecule has 1 heterocycles. The summed E-state index contributed by atoms with van der Waals surface area (Å²) in [6, 6.07) is 0.0980. The van der Waals surface area contributed by atoms with Gasteiger partial charge < -0.3 is 10.2 Å². The number of urea groups is 1. The second kappa shape index (κ2) is 5.66. The first-order valence-electron chi connectivity index (χ1n) is 7.96. The normalized spacial score (nSPS) is 30.0. The fourth-order valence-corrected chi connectivity index (χ4v) is 3.31. The highest BCUT2D eigenvalue weighted by molar-refractivity contribution is 6.04. The van der Waals surface area contributed by atoms with Gasteiger partial charge in [0.1, 0.15) is 13.1 Å². The summed E-state index contributed by atoms with van der Waals surface area (Å²) in [6.45, 7) is 2.14. The predicted octanol–water partition coefficient (Wildman–Crippen LogP) is 1.11. The molecule has 1 saturated heterocycles. The minimum Gasteiger partial charge on any atom is -0.352 e. The molecule has 21 heavy (non-hydrogen) atoms. The summed E-state index contributed by atoms with van der Waals surface area (Å²) in [7, 11) is 0. The molecule has 6 heteroatoms. The van der Waals surface area contributed by atoms with Crippen molar-refractivity contribution < 1.29 is 14.4 Å². The largest absolute Gasteiger partial charge is 0.352 e. The molecule has 3 rings (SSSR count). The van der Waals surface area contributed by atoms with Crippen LogP contribution in [0.4, 0.5) is 4.79 Å². The van der Waals surface area contributed by atoms with E-state index in [1.54, 1.807) is 4.90 Å². The molecule has 0 aromatic carbocycles. The zero-order valence-corrected chi connectivity index (χ0v) is 12.5. The van der Waals surface area contributed by atoms with Gasteiger partial charge in [0.15, 0.2) is 0 Å². The van der Waals surface area contributed by atoms with Crippen molar-refractivity contribution in [1.82, 2.24) is 15.1 Å². The summed E-state index contributed by atoms with van der Waals surface area (Å²) in [5, 5.41) is 2.99. The quantitative estimate of drug-likeness (QED) is 0.789. The monoisotopic (exact) mass is 293 g/mol. The standard InChI is InChI=1S/C15H23N3O3/c1-10-4-2-3-5-12(10)16-13(19)8-18-14(20)9-17(15(18)21)11-6-7-11/h10-12H,2-9H2,1H3,(H,16,19). The second-order valence-electron chi connectivity index (χ2n) is 6.56. The fourth-order valence-electron chi connectivity index (χ4n) is 3.31. The van der Waals surface area contributed by atoms with Gasteiger partial charge in [-0.15, -0.1) is 0 Å². The van der Waals surface area contributed by atoms with Crippen molar-refractivity contribution in [1.29, 1.82) is 0 Å². The maximum atomic E-state index is 12.1. The van der Waals surface area contributed by atoms with E-state index in [0.29, 0.717) is 5.92 Å². The van der Waals surface area contributed by atoms with Crippen molar-refractivity contribution in [2.75, 3.05) is 13.1 Å². The highest BCUT2D eigenvalue weighted by Gasteiger charge is 2.44. The van der Waals surface area contributed by atoms with Gasteiger partial charge >= 0.3 is 6.03 Å². The number of amides is 4. The second-order valence-corrected chi connectivity index (χ2v) is 6.56. The number of hydrogen-bond donors (Lipinski definition) is 1. The summed E-state index contributed by atoms with van der Waals surface area (Å²) < 4.78 is 0. The molecule has 2 aliphatic carbocycles. The lowest BCUT2D eigenvalue weighted by molar-refractivity contribution is -0.131. The Labute approximate surface area is 124 Å². The molecule has 2 unspecified atom stereocenters. The third kappa shape index (κ3) is 3.04. The van der Waals surface area contributed by atoms with Gasteiger partial charge in [0.25, 0.3) is 5.91 Å². The maximum Gasteiger partial charge on any atom is 0.327 e. The van der Waals surface area contributed by atoms with E-state index in [0.717, 1.165) is 37.0 Å². The van der Waals surface area contributed by atoms with Gasteiger partial charge in [0.05, 0.1) is 0 Å². The lowest BCUT2D eigenvalue weighted by Crippen LogP contribution is -2.47. The van der Waals surface area contributed by atoms with Crippen molar-refractivity contribution in [2.24, 2.45) is 5.92 Å². The number of rotatable bonds is 4. The highest BCUT2D eigenvalue weighted by Crippen LogP contribution is 2.30. The summed E-state index contributed by atoms with van der Waals surface area (Å²) in [4.78, 5) is 38.9. The van der Waals surface area contributed by atoms with Crippen molar-refractivity contribution in [3.63, 3.8) is 0 Å². The van der Waals surface area contributed by atoms with Crippen molar-refractivity contribution in [3.8, 4) is 0 Å². The number of imide groups is 1. The van der Waals surface area contributed by atoms with Gasteiger partial charge in [-0.25, -0.2) is 4.79 Å². The Bertz CT molecular complexity index is 461. The molecule has 2 atom stereocenters. The van der Waals surface area contributed by atoms with Crippen LogP contribution in [0.15, 0.2) is 0 Å². The van der Waals surface area contributed by atoms with Crippen molar-refractivity contribution >= 4 is 17.8 Å². The molecule has 0 radical (unpaired) electrons. The average molecular weight is 293 g/mol. The number of carbonyl (C=O) groups excluding carboxylic acids is 3. The Morgan fingerprint density at radius 2 is 1.90 bits per heavy atom. The van der Waals surface area contributed by atoms with Gasteiger partial charge in [-0.1, -0.05) is 19.8 Å². The zero-order chi connectivity index (χ0) is 15.0. The smallest absolute Gasteiger partial charge is 0.327 e. The topological polar surface area (TPSA) is 69.7 Å². The van der Waals surface area contributed by atoms with E-state index in [9.17, 15) is 14.4 Å². The number of carbonyl (C=O) groups is 3. The summed E-state index contributed by atoms with van der Waals surface area (Å²) in [6.07, 6.45) is 6.40. The molecule has 116 valence electrons. The van der Waals surface area contributed by atoms with Crippen LogP contribution >= 0.6 is 0 Å². The average Bonchev–Trinajstić information content (AvgIpc) is 3.24. The molecule has 4 amide bonds. The van der Waals surface area contributed by atoms with Crippen LogP contribution in [-0.2, 0) is 9.59 Å². The van der Waals surface area contributed by atoms with E-state index >= 15 is 0 Å². The Kier molecular flexibility index (Phi) is 3.87. The molecule has 3 aliphatic rings. The molecule has 3 fully saturated rings. The first-order valence-corrected chi connectivity index (χ1v) is 7.96. The van der Waals surface area contributed by atoms with E-state index in [1.165, 1.54) is 6.42 Å². The van der Waals surface area contributed by atoms with Gasteiger partial charge in [0, 0.05) is 12.1 Å². The lowest BCUT2D eigenvalue weighted by atomic mass is 9.86. The van der Waals surface area contributed by atoms with E-state index in [-0.39, 0.29) is 43.0 Å². The van der Waals surface area contributed by atoms with Crippen LogP contribution in [0.3, 0.4) is 0 Å². The van der Waals surface area contributed by atoms with Crippen LogP contribution < -0.4 is 5.32 Å². The van der Waals surface area contributed by atoms with Crippen LogP contribution in [0.2, 0.25) is 0 Å². The Balaban J connectivity index is 1.54. The molecule has 0 bridgehead atoms. The van der Waals surface area contributed by atoms with Crippen LogP contribution in [0, 0.1) is 5.92 Å². The predicted molar refractivity (Wildman–Crippen MR) is 76.4 cm³/mol. The van der Waals surface area contributed by atoms with Crippen LogP contribution in [0.25, 0.3) is 0 Å². The molecule has 0 aromatic heterocycles. The number of nitrogens with zero attached hydrogens (tertiary/aromatic N) is 2. The summed E-state index contributed by atoms with van der Waals surface area (Å²) in [5.74, 6) is 0.00230. The molecular weight excluding hydrogens is 270 g/mol. The van der Waals surface area contributed by atoms with E-state index in [4.69, 9.17) is 0 Å². The van der Waals surface area contributed by atoms with E-state index in [2.05, 4.69) is 12.2 Å². The first-order chi connectivity index (χ1) is 10.1. The van der Waals surface area contributed by atoms with E-state index in [1.807, 2.05) is 0 Å². The van der Waals surface area contributed by atoms with Gasteiger partial charge in [-0.3, -0.25) is 14.5 Å². The minimum absolute atomic E-state index is 0.135. The maximum absolute atomic E-state index is 12.1. The van der Waals surface area contributed by atoms with Crippen molar-refractivity contribution in [3.05, 3.63) is 0 Å². The Morgan fingerprint density at radius 1 is 1.19 bits per heavy atom. The Morgan fingerprint density at radius 3 is 2.57 bits per heavy atom. The number of nitrogens with one attached hydrogen (secondary N) is 1. The highest BCUT2D eigenvalue weighted by atomic mass is 16.2. The van der Waals surface area contributed by atoms with Crippen LogP contribution in [-0.4, -0.2) is 52.8 Å². The Hall–Kier alpha value is -1.59. The third-order valence-electron chi connectivity index (χ3n) is 4.83. The molecule has 2 saturated carbocycles. The SMILES string of the molecule is CC1CCCCC1NC(=O)CN1C(=O)CN(C2CC2)C1=O. The molecule has 0 spiro atoms. The van der Waals surface area contributed by atoms with Gasteiger partial charge in [-0.05, 0) is 31.6 Å². The van der Waals surface area contributed by atoms with Gasteiger partial charge in [0.2, 0.25) is 5.91 Å². The lowest BCUT2D eigenvalue weighted by Gasteiger charge is -2.30. The molecule has 6 nitrogen and oxygen atoms in total. The fraction of sp³-hybridized carbons (Fsp3) is 0.800. The first kappa shape index (κ1) is 14.4. The zero-order valence-electron chi connectivity index (χ0n) is 12.5. The summed E-state index contributed by atoms with van der Waals surface area (Å²) in [5.41, 5.74) is 0. The van der Waals surface area contributed by atoms with Crippen molar-refractivity contribution in [2.45, 2.75) is 57.5 Å². The minimum atomic E-state index is -0.297. The molecular formula is C15H23N3O3. The van der Waals surface area contributed by atoms with E-state index < -0.39 is 0 Å². The van der Waals surface area contributed by atoms with Gasteiger partial charge in [-0.2, -0.15) is 0 Å². The van der Waals surface area contributed by atoms with Crippen LogP contribution in [0.5, 0.6) is 0 Å². The van der Waals surface area contributed by atoms with Crippen LogP contribution in [0.1, 0.15) is 45.4 Å². The summed E-state index contributed by atoms with van der Waals surface area (Å²) >= 11 is 0. The third-order valence-corrected chi connectivity index (χ3v) is 4.83. The number of hydrogen-bond acceptors (Lipinski definition) is 3.